The molecule has 3 unspecified atom stereocenters. The number of pyridine rings is 1. The van der Waals surface area contributed by atoms with Crippen LogP contribution in [0.15, 0.2) is 24.4 Å². The van der Waals surface area contributed by atoms with E-state index in [9.17, 15) is 0 Å². The highest BCUT2D eigenvalue weighted by Gasteiger charge is 2.38. The third-order valence-electron chi connectivity index (χ3n) is 4.10. The Morgan fingerprint density at radius 1 is 1.27 bits per heavy atom. The minimum atomic E-state index is 0.875. The van der Waals surface area contributed by atoms with Gasteiger partial charge in [-0.05, 0) is 62.2 Å². The van der Waals surface area contributed by atoms with Crippen LogP contribution in [-0.2, 0) is 6.42 Å². The van der Waals surface area contributed by atoms with Crippen LogP contribution >= 0.6 is 0 Å². The molecule has 0 bridgehead atoms. The Kier molecular flexibility index (Phi) is 2.45. The molecule has 80 valence electrons. The molecule has 1 aromatic rings. The van der Waals surface area contributed by atoms with E-state index in [-0.39, 0.29) is 0 Å². The van der Waals surface area contributed by atoms with E-state index in [1.807, 2.05) is 12.3 Å². The summed E-state index contributed by atoms with van der Waals surface area (Å²) in [5, 5.41) is 3.52. The molecule has 3 atom stereocenters. The zero-order chi connectivity index (χ0) is 10.1. The van der Waals surface area contributed by atoms with Gasteiger partial charge in [-0.3, -0.25) is 4.98 Å². The lowest BCUT2D eigenvalue weighted by Gasteiger charge is -2.17. The van der Waals surface area contributed by atoms with Crippen LogP contribution in [0.1, 0.15) is 18.5 Å². The molecule has 1 aromatic heterocycles. The van der Waals surface area contributed by atoms with E-state index in [2.05, 4.69) is 22.4 Å². The van der Waals surface area contributed by atoms with Crippen LogP contribution in [-0.4, -0.2) is 18.1 Å². The minimum Gasteiger partial charge on any atom is -0.316 e. The van der Waals surface area contributed by atoms with Gasteiger partial charge >= 0.3 is 0 Å². The Morgan fingerprint density at radius 3 is 3.13 bits per heavy atom. The van der Waals surface area contributed by atoms with E-state index in [4.69, 9.17) is 0 Å². The fourth-order valence-electron chi connectivity index (χ4n) is 3.30. The van der Waals surface area contributed by atoms with E-state index in [1.165, 1.54) is 38.0 Å². The van der Waals surface area contributed by atoms with Gasteiger partial charge in [0.1, 0.15) is 0 Å². The van der Waals surface area contributed by atoms with Gasteiger partial charge in [-0.2, -0.15) is 0 Å². The standard InChI is InChI=1S/C13H18N2/c1-2-6-15-12(3-1)7-10-4-5-11-8-14-9-13(10)11/h1-3,6,10-11,13-14H,4-5,7-9H2. The van der Waals surface area contributed by atoms with Crippen molar-refractivity contribution in [3.05, 3.63) is 30.1 Å². The first-order valence-electron chi connectivity index (χ1n) is 6.04. The van der Waals surface area contributed by atoms with Gasteiger partial charge in [0.25, 0.3) is 0 Å². The molecular weight excluding hydrogens is 184 g/mol. The van der Waals surface area contributed by atoms with Crippen LogP contribution in [0.4, 0.5) is 0 Å². The molecule has 1 N–H and O–H groups in total. The first kappa shape index (κ1) is 9.34. The lowest BCUT2D eigenvalue weighted by Crippen LogP contribution is -2.18. The first-order valence-corrected chi connectivity index (χ1v) is 6.04. The molecule has 15 heavy (non-hydrogen) atoms. The molecule has 2 nitrogen and oxygen atoms in total. The van der Waals surface area contributed by atoms with Crippen molar-refractivity contribution in [3.63, 3.8) is 0 Å². The highest BCUT2D eigenvalue weighted by atomic mass is 14.9. The van der Waals surface area contributed by atoms with E-state index in [0.29, 0.717) is 0 Å². The molecule has 1 saturated carbocycles. The van der Waals surface area contributed by atoms with E-state index < -0.39 is 0 Å². The Bertz CT molecular complexity index is 323. The molecule has 0 aromatic carbocycles. The topological polar surface area (TPSA) is 24.9 Å². The number of nitrogens with one attached hydrogen (secondary N) is 1. The summed E-state index contributed by atoms with van der Waals surface area (Å²) >= 11 is 0. The Morgan fingerprint density at radius 2 is 2.27 bits per heavy atom. The second-order valence-corrected chi connectivity index (χ2v) is 4.94. The van der Waals surface area contributed by atoms with Crippen molar-refractivity contribution >= 4 is 0 Å². The number of aromatic nitrogens is 1. The largest absolute Gasteiger partial charge is 0.316 e. The Labute approximate surface area is 91.1 Å². The summed E-state index contributed by atoms with van der Waals surface area (Å²) in [5.74, 6) is 2.76. The number of fused-ring (bicyclic) bond motifs is 1. The number of rotatable bonds is 2. The summed E-state index contributed by atoms with van der Waals surface area (Å²) in [7, 11) is 0. The molecule has 2 fully saturated rings. The number of hydrogen-bond donors (Lipinski definition) is 1. The second-order valence-electron chi connectivity index (χ2n) is 4.94. The van der Waals surface area contributed by atoms with Crippen molar-refractivity contribution in [2.75, 3.05) is 13.1 Å². The molecule has 0 spiro atoms. The smallest absolute Gasteiger partial charge is 0.0406 e. The molecule has 0 radical (unpaired) electrons. The van der Waals surface area contributed by atoms with Crippen molar-refractivity contribution in [3.8, 4) is 0 Å². The van der Waals surface area contributed by atoms with Crippen molar-refractivity contribution in [2.24, 2.45) is 17.8 Å². The minimum absolute atomic E-state index is 0.875. The SMILES string of the molecule is c1ccc(CC2CCC3CNCC32)nc1. The fourth-order valence-corrected chi connectivity index (χ4v) is 3.30. The van der Waals surface area contributed by atoms with E-state index in [0.717, 1.165) is 17.8 Å². The summed E-state index contributed by atoms with van der Waals surface area (Å²) in [6, 6.07) is 6.26. The Hall–Kier alpha value is -0.890. The van der Waals surface area contributed by atoms with Gasteiger partial charge in [-0.1, -0.05) is 6.07 Å². The van der Waals surface area contributed by atoms with Crippen LogP contribution in [0.5, 0.6) is 0 Å². The molecule has 2 heteroatoms. The molecule has 3 rings (SSSR count). The van der Waals surface area contributed by atoms with Crippen LogP contribution in [0, 0.1) is 17.8 Å². The van der Waals surface area contributed by atoms with Gasteiger partial charge in [0.2, 0.25) is 0 Å². The summed E-state index contributed by atoms with van der Waals surface area (Å²) in [5.41, 5.74) is 1.27. The normalized spacial score (nSPS) is 34.3. The van der Waals surface area contributed by atoms with E-state index >= 15 is 0 Å². The lowest BCUT2D eigenvalue weighted by atomic mass is 9.89. The summed E-state index contributed by atoms with van der Waals surface area (Å²) in [6.07, 6.45) is 5.93. The summed E-state index contributed by atoms with van der Waals surface area (Å²) in [4.78, 5) is 4.44. The molecule has 2 aliphatic rings. The molecule has 1 aliphatic heterocycles. The Balaban J connectivity index is 1.69. The van der Waals surface area contributed by atoms with Gasteiger partial charge < -0.3 is 5.32 Å². The van der Waals surface area contributed by atoms with Gasteiger partial charge in [0.15, 0.2) is 0 Å². The van der Waals surface area contributed by atoms with Crippen LogP contribution in [0.2, 0.25) is 0 Å². The maximum absolute atomic E-state index is 4.44. The van der Waals surface area contributed by atoms with Crippen molar-refractivity contribution < 1.29 is 0 Å². The van der Waals surface area contributed by atoms with Crippen molar-refractivity contribution in [2.45, 2.75) is 19.3 Å². The monoisotopic (exact) mass is 202 g/mol. The van der Waals surface area contributed by atoms with Gasteiger partial charge in [0, 0.05) is 11.9 Å². The van der Waals surface area contributed by atoms with Crippen molar-refractivity contribution in [1.82, 2.24) is 10.3 Å². The zero-order valence-electron chi connectivity index (χ0n) is 9.02. The zero-order valence-corrected chi connectivity index (χ0v) is 9.02. The highest BCUT2D eigenvalue weighted by molar-refractivity contribution is 5.06. The quantitative estimate of drug-likeness (QED) is 0.792. The summed E-state index contributed by atoms with van der Waals surface area (Å²) < 4.78 is 0. The maximum Gasteiger partial charge on any atom is 0.0406 e. The predicted molar refractivity (Wildman–Crippen MR) is 60.5 cm³/mol. The molecule has 0 amide bonds. The number of hydrogen-bond acceptors (Lipinski definition) is 2. The van der Waals surface area contributed by atoms with Gasteiger partial charge in [0.05, 0.1) is 0 Å². The van der Waals surface area contributed by atoms with Gasteiger partial charge in [-0.25, -0.2) is 0 Å². The highest BCUT2D eigenvalue weighted by Crippen LogP contribution is 2.40. The lowest BCUT2D eigenvalue weighted by molar-refractivity contribution is 0.372. The van der Waals surface area contributed by atoms with Crippen LogP contribution in [0.3, 0.4) is 0 Å². The molecular formula is C13H18N2. The molecule has 2 heterocycles. The summed E-state index contributed by atoms with van der Waals surface area (Å²) in [6.45, 7) is 2.49. The third kappa shape index (κ3) is 1.78. The average molecular weight is 202 g/mol. The molecule has 1 saturated heterocycles. The third-order valence-corrected chi connectivity index (χ3v) is 4.10. The van der Waals surface area contributed by atoms with Crippen LogP contribution in [0.25, 0.3) is 0 Å². The van der Waals surface area contributed by atoms with Crippen LogP contribution < -0.4 is 5.32 Å². The number of nitrogens with zero attached hydrogens (tertiary/aromatic N) is 1. The molecule has 1 aliphatic carbocycles. The fraction of sp³-hybridized carbons (Fsp3) is 0.615. The maximum atomic E-state index is 4.44. The van der Waals surface area contributed by atoms with Gasteiger partial charge in [-0.15, -0.1) is 0 Å². The average Bonchev–Trinajstić information content (AvgIpc) is 2.85. The van der Waals surface area contributed by atoms with Crippen molar-refractivity contribution in [1.29, 1.82) is 0 Å². The predicted octanol–water partition coefficient (Wildman–Crippen LogP) is 1.87. The first-order chi connectivity index (χ1) is 7.43. The van der Waals surface area contributed by atoms with E-state index in [1.54, 1.807) is 0 Å². The second kappa shape index (κ2) is 3.93.